The minimum absolute atomic E-state index is 0. The number of aliphatic hydroxyl groups excluding tert-OH is 1. The van der Waals surface area contributed by atoms with Crippen LogP contribution in [-0.4, -0.2) is 63.3 Å². The Balaban J connectivity index is 0.00000289. The molecule has 0 radical (unpaired) electrons. The molecule has 32 heavy (non-hydrogen) atoms. The SMILES string of the molecule is CC(C)CC(O)C(=O)N1CCN(c2nc(-c3ccccc3O)nc3ccccc23)CC1.Cl. The van der Waals surface area contributed by atoms with Gasteiger partial charge in [0.25, 0.3) is 5.91 Å². The number of hydrogen-bond acceptors (Lipinski definition) is 6. The predicted octanol–water partition coefficient (Wildman–Crippen LogP) is 3.48. The van der Waals surface area contributed by atoms with E-state index >= 15 is 0 Å². The lowest BCUT2D eigenvalue weighted by Gasteiger charge is -2.37. The monoisotopic (exact) mass is 456 g/mol. The number of hydrogen-bond donors (Lipinski definition) is 2. The van der Waals surface area contributed by atoms with Gasteiger partial charge in [-0.15, -0.1) is 12.4 Å². The number of anilines is 1. The normalized spacial score (nSPS) is 15.0. The third-order valence-electron chi connectivity index (χ3n) is 5.60. The second kappa shape index (κ2) is 10.1. The van der Waals surface area contributed by atoms with Crippen molar-refractivity contribution in [2.24, 2.45) is 5.92 Å². The number of fused-ring (bicyclic) bond motifs is 1. The number of carbonyl (C=O) groups excluding carboxylic acids is 1. The third kappa shape index (κ3) is 4.95. The minimum atomic E-state index is -0.945. The van der Waals surface area contributed by atoms with Crippen molar-refractivity contribution >= 4 is 35.0 Å². The molecule has 1 aliphatic rings. The summed E-state index contributed by atoms with van der Waals surface area (Å²) in [6.45, 7) is 6.27. The van der Waals surface area contributed by atoms with Crippen LogP contribution in [0, 0.1) is 5.92 Å². The molecule has 1 aromatic heterocycles. The molecule has 1 unspecified atom stereocenters. The number of aliphatic hydroxyl groups is 1. The first-order valence-corrected chi connectivity index (χ1v) is 10.7. The Kier molecular flexibility index (Phi) is 7.53. The number of piperazine rings is 1. The zero-order valence-electron chi connectivity index (χ0n) is 18.3. The van der Waals surface area contributed by atoms with Gasteiger partial charge >= 0.3 is 0 Å². The van der Waals surface area contributed by atoms with Gasteiger partial charge in [0.05, 0.1) is 11.1 Å². The first kappa shape index (κ1) is 23.8. The van der Waals surface area contributed by atoms with Crippen molar-refractivity contribution in [1.82, 2.24) is 14.9 Å². The largest absolute Gasteiger partial charge is 0.507 e. The molecule has 0 aliphatic carbocycles. The van der Waals surface area contributed by atoms with Crippen LogP contribution >= 0.6 is 12.4 Å². The van der Waals surface area contributed by atoms with Crippen LogP contribution in [0.25, 0.3) is 22.3 Å². The van der Waals surface area contributed by atoms with Crippen LogP contribution < -0.4 is 4.90 Å². The van der Waals surface area contributed by atoms with Crippen LogP contribution in [0.3, 0.4) is 0 Å². The van der Waals surface area contributed by atoms with Crippen LogP contribution in [0.1, 0.15) is 20.3 Å². The number of halogens is 1. The molecule has 2 aromatic carbocycles. The first-order valence-electron chi connectivity index (χ1n) is 10.7. The summed E-state index contributed by atoms with van der Waals surface area (Å²) in [6, 6.07) is 14.9. The van der Waals surface area contributed by atoms with E-state index < -0.39 is 6.10 Å². The van der Waals surface area contributed by atoms with Gasteiger partial charge in [-0.25, -0.2) is 9.97 Å². The highest BCUT2D eigenvalue weighted by Crippen LogP contribution is 2.31. The van der Waals surface area contributed by atoms with Crippen molar-refractivity contribution in [1.29, 1.82) is 0 Å². The number of para-hydroxylation sites is 2. The molecule has 1 fully saturated rings. The summed E-state index contributed by atoms with van der Waals surface area (Å²) in [4.78, 5) is 25.9. The van der Waals surface area contributed by atoms with Gasteiger partial charge in [-0.2, -0.15) is 0 Å². The molecule has 3 aromatic rings. The lowest BCUT2D eigenvalue weighted by molar-refractivity contribution is -0.141. The van der Waals surface area contributed by atoms with Gasteiger partial charge in [0.15, 0.2) is 5.82 Å². The number of nitrogens with zero attached hydrogens (tertiary/aromatic N) is 4. The van der Waals surface area contributed by atoms with Crippen molar-refractivity contribution in [2.75, 3.05) is 31.1 Å². The number of phenols is 1. The standard InChI is InChI=1S/C24H28N4O3.ClH/c1-16(2)15-21(30)24(31)28-13-11-27(12-14-28)23-17-7-3-5-9-19(17)25-22(26-23)18-8-4-6-10-20(18)29;/h3-10,16,21,29-30H,11-15H2,1-2H3;1H. The van der Waals surface area contributed by atoms with Crippen LogP contribution in [0.2, 0.25) is 0 Å². The van der Waals surface area contributed by atoms with Gasteiger partial charge in [-0.3, -0.25) is 4.79 Å². The zero-order chi connectivity index (χ0) is 22.0. The van der Waals surface area contributed by atoms with Crippen LogP contribution in [0.15, 0.2) is 48.5 Å². The quantitative estimate of drug-likeness (QED) is 0.611. The van der Waals surface area contributed by atoms with Crippen molar-refractivity contribution in [3.8, 4) is 17.1 Å². The van der Waals surface area contributed by atoms with Gasteiger partial charge in [-0.05, 0) is 36.6 Å². The number of aromatic nitrogens is 2. The number of aromatic hydroxyl groups is 1. The molecular weight excluding hydrogens is 428 g/mol. The molecule has 0 bridgehead atoms. The van der Waals surface area contributed by atoms with E-state index in [0.717, 1.165) is 16.7 Å². The fourth-order valence-electron chi connectivity index (χ4n) is 3.98. The highest BCUT2D eigenvalue weighted by molar-refractivity contribution is 5.91. The Morgan fingerprint density at radius 2 is 1.66 bits per heavy atom. The average Bonchev–Trinajstić information content (AvgIpc) is 2.78. The Morgan fingerprint density at radius 3 is 2.34 bits per heavy atom. The molecule has 1 saturated heterocycles. The van der Waals surface area contributed by atoms with Crippen molar-refractivity contribution in [3.63, 3.8) is 0 Å². The highest BCUT2D eigenvalue weighted by Gasteiger charge is 2.28. The molecule has 1 aliphatic heterocycles. The van der Waals surface area contributed by atoms with E-state index in [4.69, 9.17) is 4.98 Å². The summed E-state index contributed by atoms with van der Waals surface area (Å²) < 4.78 is 0. The maximum Gasteiger partial charge on any atom is 0.251 e. The summed E-state index contributed by atoms with van der Waals surface area (Å²) in [5.41, 5.74) is 1.39. The lowest BCUT2D eigenvalue weighted by atomic mass is 10.0. The van der Waals surface area contributed by atoms with Crippen molar-refractivity contribution in [2.45, 2.75) is 26.4 Å². The van der Waals surface area contributed by atoms with Gasteiger partial charge in [0, 0.05) is 31.6 Å². The second-order valence-corrected chi connectivity index (χ2v) is 8.36. The summed E-state index contributed by atoms with van der Waals surface area (Å²) >= 11 is 0. The molecule has 1 amide bonds. The molecule has 0 spiro atoms. The molecule has 8 heteroatoms. The molecule has 2 N–H and O–H groups in total. The van der Waals surface area contributed by atoms with Crippen LogP contribution in [0.5, 0.6) is 5.75 Å². The van der Waals surface area contributed by atoms with Crippen molar-refractivity contribution < 1.29 is 15.0 Å². The van der Waals surface area contributed by atoms with Gasteiger partial charge in [0.1, 0.15) is 17.7 Å². The predicted molar refractivity (Wildman–Crippen MR) is 128 cm³/mol. The number of benzene rings is 2. The smallest absolute Gasteiger partial charge is 0.251 e. The fraction of sp³-hybridized carbons (Fsp3) is 0.375. The molecule has 170 valence electrons. The van der Waals surface area contributed by atoms with Crippen LogP contribution in [0.4, 0.5) is 5.82 Å². The van der Waals surface area contributed by atoms with E-state index in [9.17, 15) is 15.0 Å². The van der Waals surface area contributed by atoms with Crippen molar-refractivity contribution in [3.05, 3.63) is 48.5 Å². The molecule has 0 saturated carbocycles. The number of rotatable bonds is 5. The van der Waals surface area contributed by atoms with Gasteiger partial charge in [0.2, 0.25) is 0 Å². The summed E-state index contributed by atoms with van der Waals surface area (Å²) in [6.07, 6.45) is -0.474. The molecule has 1 atom stereocenters. The molecule has 4 rings (SSSR count). The second-order valence-electron chi connectivity index (χ2n) is 8.36. The zero-order valence-corrected chi connectivity index (χ0v) is 19.1. The minimum Gasteiger partial charge on any atom is -0.507 e. The average molecular weight is 457 g/mol. The van der Waals surface area contributed by atoms with Crippen LogP contribution in [-0.2, 0) is 4.79 Å². The summed E-state index contributed by atoms with van der Waals surface area (Å²) in [7, 11) is 0. The Bertz CT molecular complexity index is 1080. The van der Waals surface area contributed by atoms with E-state index in [1.54, 1.807) is 23.1 Å². The maximum absolute atomic E-state index is 12.6. The third-order valence-corrected chi connectivity index (χ3v) is 5.60. The number of phenolic OH excluding ortho intramolecular Hbond substituents is 1. The topological polar surface area (TPSA) is 89.8 Å². The Hall–Kier alpha value is -2.90. The number of amides is 1. The van der Waals surface area contributed by atoms with E-state index in [2.05, 4.69) is 9.88 Å². The van der Waals surface area contributed by atoms with Gasteiger partial charge in [-0.1, -0.05) is 38.1 Å². The van der Waals surface area contributed by atoms with E-state index in [0.29, 0.717) is 44.0 Å². The fourth-order valence-corrected chi connectivity index (χ4v) is 3.98. The van der Waals surface area contributed by atoms with E-state index in [1.807, 2.05) is 44.2 Å². The first-order chi connectivity index (χ1) is 14.9. The van der Waals surface area contributed by atoms with E-state index in [1.165, 1.54) is 0 Å². The molecule has 7 nitrogen and oxygen atoms in total. The lowest BCUT2D eigenvalue weighted by Crippen LogP contribution is -2.52. The highest BCUT2D eigenvalue weighted by atomic mass is 35.5. The Morgan fingerprint density at radius 1 is 1.00 bits per heavy atom. The van der Waals surface area contributed by atoms with Gasteiger partial charge < -0.3 is 20.0 Å². The molecule has 2 heterocycles. The summed E-state index contributed by atoms with van der Waals surface area (Å²) in [5, 5.41) is 21.4. The molecular formula is C24H29ClN4O3. The summed E-state index contributed by atoms with van der Waals surface area (Å²) in [5.74, 6) is 1.46. The number of carbonyl (C=O) groups is 1. The maximum atomic E-state index is 12.6. The van der Waals surface area contributed by atoms with E-state index in [-0.39, 0.29) is 30.0 Å². The Labute approximate surface area is 194 Å².